The molecular weight excluding hydrogens is 302 g/mol. The average molecular weight is 321 g/mol. The lowest BCUT2D eigenvalue weighted by atomic mass is 10.1. The monoisotopic (exact) mass is 321 g/mol. The van der Waals surface area contributed by atoms with E-state index < -0.39 is 0 Å². The molecule has 6 nitrogen and oxygen atoms in total. The molecule has 0 amide bonds. The summed E-state index contributed by atoms with van der Waals surface area (Å²) in [4.78, 5) is 4.42. The first-order chi connectivity index (χ1) is 11.7. The zero-order valence-electron chi connectivity index (χ0n) is 13.7. The maximum atomic E-state index is 5.14. The molecule has 0 aliphatic rings. The summed E-state index contributed by atoms with van der Waals surface area (Å²) in [6, 6.07) is 15.9. The molecule has 0 saturated carbocycles. The first kappa shape index (κ1) is 15.7. The van der Waals surface area contributed by atoms with Gasteiger partial charge in [-0.2, -0.15) is 10.1 Å². The molecule has 0 aliphatic heterocycles. The zero-order chi connectivity index (χ0) is 16.8. The number of aryl methyl sites for hydroxylation is 1. The van der Waals surface area contributed by atoms with E-state index in [4.69, 9.17) is 4.74 Å². The standard InChI is InChI=1S/C18H19N5O/c1-13-3-5-14(6-4-13)11-19-18-22-17(12-20-23-18)21-15-7-9-16(24-2)10-8-15/h3-10,12H,11H2,1-2H3,(H2,19,21,22,23). The van der Waals surface area contributed by atoms with E-state index in [1.54, 1.807) is 13.3 Å². The summed E-state index contributed by atoms with van der Waals surface area (Å²) in [6.07, 6.45) is 1.58. The van der Waals surface area contributed by atoms with Crippen molar-refractivity contribution in [3.05, 3.63) is 65.9 Å². The summed E-state index contributed by atoms with van der Waals surface area (Å²) in [5.74, 6) is 1.91. The smallest absolute Gasteiger partial charge is 0.244 e. The zero-order valence-corrected chi connectivity index (χ0v) is 13.7. The average Bonchev–Trinajstić information content (AvgIpc) is 2.62. The maximum Gasteiger partial charge on any atom is 0.244 e. The van der Waals surface area contributed by atoms with E-state index in [9.17, 15) is 0 Å². The van der Waals surface area contributed by atoms with E-state index in [-0.39, 0.29) is 0 Å². The molecule has 2 N–H and O–H groups in total. The van der Waals surface area contributed by atoms with Crippen molar-refractivity contribution >= 4 is 17.5 Å². The largest absolute Gasteiger partial charge is 0.497 e. The quantitative estimate of drug-likeness (QED) is 0.723. The van der Waals surface area contributed by atoms with Gasteiger partial charge in [0, 0.05) is 12.2 Å². The van der Waals surface area contributed by atoms with Gasteiger partial charge in [-0.1, -0.05) is 29.8 Å². The molecule has 1 aromatic heterocycles. The van der Waals surface area contributed by atoms with Crippen LogP contribution in [0.2, 0.25) is 0 Å². The van der Waals surface area contributed by atoms with Crippen molar-refractivity contribution in [1.29, 1.82) is 0 Å². The fourth-order valence-corrected chi connectivity index (χ4v) is 2.15. The second-order valence-electron chi connectivity index (χ2n) is 5.36. The molecule has 0 aliphatic carbocycles. The minimum atomic E-state index is 0.481. The lowest BCUT2D eigenvalue weighted by Crippen LogP contribution is -2.06. The molecular formula is C18H19N5O. The van der Waals surface area contributed by atoms with Crippen LogP contribution in [0.1, 0.15) is 11.1 Å². The first-order valence-electron chi connectivity index (χ1n) is 7.63. The van der Waals surface area contributed by atoms with Gasteiger partial charge >= 0.3 is 0 Å². The Morgan fingerprint density at radius 1 is 1.00 bits per heavy atom. The van der Waals surface area contributed by atoms with E-state index in [1.807, 2.05) is 24.3 Å². The predicted molar refractivity (Wildman–Crippen MR) is 94.6 cm³/mol. The highest BCUT2D eigenvalue weighted by molar-refractivity contribution is 5.57. The SMILES string of the molecule is COc1ccc(Nc2cnnc(NCc3ccc(C)cc3)n2)cc1. The van der Waals surface area contributed by atoms with E-state index in [0.29, 0.717) is 18.3 Å². The van der Waals surface area contributed by atoms with Crippen molar-refractivity contribution in [1.82, 2.24) is 15.2 Å². The maximum absolute atomic E-state index is 5.14. The molecule has 0 radical (unpaired) electrons. The number of anilines is 3. The van der Waals surface area contributed by atoms with Gasteiger partial charge in [0.1, 0.15) is 5.75 Å². The molecule has 2 aromatic carbocycles. The lowest BCUT2D eigenvalue weighted by Gasteiger charge is -2.08. The number of hydrogen-bond donors (Lipinski definition) is 2. The van der Waals surface area contributed by atoms with Crippen molar-refractivity contribution in [2.75, 3.05) is 17.7 Å². The van der Waals surface area contributed by atoms with Gasteiger partial charge in [0.05, 0.1) is 13.3 Å². The normalized spacial score (nSPS) is 10.2. The number of aromatic nitrogens is 3. The summed E-state index contributed by atoms with van der Waals surface area (Å²) in [7, 11) is 1.64. The van der Waals surface area contributed by atoms with Gasteiger partial charge in [0.25, 0.3) is 0 Å². The molecule has 6 heteroatoms. The number of ether oxygens (including phenoxy) is 1. The number of rotatable bonds is 6. The van der Waals surface area contributed by atoms with Gasteiger partial charge < -0.3 is 15.4 Å². The van der Waals surface area contributed by atoms with Crippen LogP contribution in [0.25, 0.3) is 0 Å². The summed E-state index contributed by atoms with van der Waals surface area (Å²) in [5, 5.41) is 14.4. The highest BCUT2D eigenvalue weighted by atomic mass is 16.5. The van der Waals surface area contributed by atoms with Crippen molar-refractivity contribution in [2.45, 2.75) is 13.5 Å². The van der Waals surface area contributed by atoms with Crippen molar-refractivity contribution in [2.24, 2.45) is 0 Å². The van der Waals surface area contributed by atoms with Crippen LogP contribution in [-0.2, 0) is 6.54 Å². The number of benzene rings is 2. The highest BCUT2D eigenvalue weighted by Gasteiger charge is 2.02. The molecule has 0 unspecified atom stereocenters. The fraction of sp³-hybridized carbons (Fsp3) is 0.167. The van der Waals surface area contributed by atoms with Crippen LogP contribution in [-0.4, -0.2) is 22.3 Å². The van der Waals surface area contributed by atoms with Gasteiger partial charge in [-0.05, 0) is 36.8 Å². The van der Waals surface area contributed by atoms with E-state index >= 15 is 0 Å². The van der Waals surface area contributed by atoms with Crippen LogP contribution in [0.3, 0.4) is 0 Å². The summed E-state index contributed by atoms with van der Waals surface area (Å²) >= 11 is 0. The Balaban J connectivity index is 1.63. The van der Waals surface area contributed by atoms with Crippen LogP contribution < -0.4 is 15.4 Å². The van der Waals surface area contributed by atoms with Crippen LogP contribution in [0.5, 0.6) is 5.75 Å². The van der Waals surface area contributed by atoms with Gasteiger partial charge in [-0.3, -0.25) is 0 Å². The number of nitrogens with one attached hydrogen (secondary N) is 2. The van der Waals surface area contributed by atoms with Gasteiger partial charge in [0.15, 0.2) is 5.82 Å². The molecule has 0 atom stereocenters. The second kappa shape index (κ2) is 7.41. The third kappa shape index (κ3) is 4.19. The van der Waals surface area contributed by atoms with E-state index in [2.05, 4.69) is 57.0 Å². The number of nitrogens with zero attached hydrogens (tertiary/aromatic N) is 3. The Kier molecular flexibility index (Phi) is 4.86. The summed E-state index contributed by atoms with van der Waals surface area (Å²) in [6.45, 7) is 2.71. The van der Waals surface area contributed by atoms with Crippen LogP contribution >= 0.6 is 0 Å². The third-order valence-electron chi connectivity index (χ3n) is 3.49. The summed E-state index contributed by atoms with van der Waals surface area (Å²) < 4.78 is 5.14. The van der Waals surface area contributed by atoms with Gasteiger partial charge in [-0.15, -0.1) is 5.10 Å². The molecule has 0 bridgehead atoms. The summed E-state index contributed by atoms with van der Waals surface area (Å²) in [5.41, 5.74) is 3.31. The fourth-order valence-electron chi connectivity index (χ4n) is 2.15. The topological polar surface area (TPSA) is 72.0 Å². The lowest BCUT2D eigenvalue weighted by molar-refractivity contribution is 0.415. The Morgan fingerprint density at radius 3 is 2.46 bits per heavy atom. The predicted octanol–water partition coefficient (Wildman–Crippen LogP) is 3.54. The van der Waals surface area contributed by atoms with Gasteiger partial charge in [0.2, 0.25) is 5.95 Å². The second-order valence-corrected chi connectivity index (χ2v) is 5.36. The number of methoxy groups -OCH3 is 1. The molecule has 0 spiro atoms. The van der Waals surface area contributed by atoms with Gasteiger partial charge in [-0.25, -0.2) is 0 Å². The minimum absolute atomic E-state index is 0.481. The Bertz CT molecular complexity index is 787. The molecule has 1 heterocycles. The molecule has 3 aromatic rings. The van der Waals surface area contributed by atoms with E-state index in [0.717, 1.165) is 17.0 Å². The minimum Gasteiger partial charge on any atom is -0.497 e. The van der Waals surface area contributed by atoms with Crippen molar-refractivity contribution in [3.63, 3.8) is 0 Å². The van der Waals surface area contributed by atoms with Crippen LogP contribution in [0.4, 0.5) is 17.5 Å². The Labute approximate surface area is 140 Å². The molecule has 3 rings (SSSR count). The molecule has 0 fully saturated rings. The van der Waals surface area contributed by atoms with Crippen LogP contribution in [0.15, 0.2) is 54.7 Å². The first-order valence-corrected chi connectivity index (χ1v) is 7.63. The van der Waals surface area contributed by atoms with Crippen molar-refractivity contribution in [3.8, 4) is 5.75 Å². The molecule has 0 saturated heterocycles. The highest BCUT2D eigenvalue weighted by Crippen LogP contribution is 2.18. The third-order valence-corrected chi connectivity index (χ3v) is 3.49. The Morgan fingerprint density at radius 2 is 1.75 bits per heavy atom. The Hall–Kier alpha value is -3.15. The molecule has 24 heavy (non-hydrogen) atoms. The van der Waals surface area contributed by atoms with Crippen molar-refractivity contribution < 1.29 is 4.74 Å². The number of hydrogen-bond acceptors (Lipinski definition) is 6. The molecule has 122 valence electrons. The van der Waals surface area contributed by atoms with E-state index in [1.165, 1.54) is 5.56 Å². The van der Waals surface area contributed by atoms with Crippen LogP contribution in [0, 0.1) is 6.92 Å².